The molecule has 124 valence electrons. The third-order valence-electron chi connectivity index (χ3n) is 4.15. The first kappa shape index (κ1) is 15.7. The number of amides is 1. The van der Waals surface area contributed by atoms with E-state index in [-0.39, 0.29) is 12.5 Å². The van der Waals surface area contributed by atoms with Gasteiger partial charge in [0.15, 0.2) is 0 Å². The van der Waals surface area contributed by atoms with E-state index < -0.39 is 7.52 Å². The molecular weight excluding hydrogens is 333 g/mol. The maximum atomic E-state index is 13.8. The first-order chi connectivity index (χ1) is 12.2. The molecule has 25 heavy (non-hydrogen) atoms. The molecule has 0 spiro atoms. The van der Waals surface area contributed by atoms with Gasteiger partial charge in [-0.2, -0.15) is 0 Å². The Labute approximate surface area is 146 Å². The predicted octanol–water partition coefficient (Wildman–Crippen LogP) is 4.24. The molecule has 3 aromatic rings. The third kappa shape index (κ3) is 2.75. The van der Waals surface area contributed by atoms with Crippen LogP contribution < -0.4 is 9.83 Å². The zero-order valence-corrected chi connectivity index (χ0v) is 14.3. The molecule has 1 aliphatic heterocycles. The first-order valence-corrected chi connectivity index (χ1v) is 9.57. The van der Waals surface area contributed by atoms with Crippen LogP contribution in [0.3, 0.4) is 0 Å². The molecule has 0 saturated heterocycles. The van der Waals surface area contributed by atoms with E-state index in [0.717, 1.165) is 5.56 Å². The van der Waals surface area contributed by atoms with E-state index in [1.165, 1.54) is 4.67 Å². The SMILES string of the molecule is O=C1c2ccccc2OP(=O)(c2ccccc2)N1Cc1ccccc1. The highest BCUT2D eigenvalue weighted by Gasteiger charge is 2.44. The summed E-state index contributed by atoms with van der Waals surface area (Å²) in [5.41, 5.74) is 1.33. The van der Waals surface area contributed by atoms with Crippen LogP contribution >= 0.6 is 7.52 Å². The van der Waals surface area contributed by atoms with Crippen molar-refractivity contribution < 1.29 is 13.9 Å². The molecule has 0 saturated carbocycles. The number of benzene rings is 3. The average molecular weight is 349 g/mol. The van der Waals surface area contributed by atoms with E-state index in [1.807, 2.05) is 36.4 Å². The fourth-order valence-corrected chi connectivity index (χ4v) is 5.05. The van der Waals surface area contributed by atoms with Gasteiger partial charge in [-0.3, -0.25) is 9.46 Å². The average Bonchev–Trinajstić information content (AvgIpc) is 2.67. The predicted molar refractivity (Wildman–Crippen MR) is 97.1 cm³/mol. The molecule has 1 unspecified atom stereocenters. The van der Waals surface area contributed by atoms with Gasteiger partial charge in [0, 0.05) is 0 Å². The van der Waals surface area contributed by atoms with Crippen molar-refractivity contribution in [1.29, 1.82) is 0 Å². The van der Waals surface area contributed by atoms with Crippen molar-refractivity contribution in [3.05, 3.63) is 96.1 Å². The van der Waals surface area contributed by atoms with Gasteiger partial charge in [0.05, 0.1) is 17.4 Å². The molecule has 1 aliphatic rings. The van der Waals surface area contributed by atoms with Crippen LogP contribution in [0.5, 0.6) is 5.75 Å². The minimum absolute atomic E-state index is 0.222. The van der Waals surface area contributed by atoms with Crippen LogP contribution in [0, 0.1) is 0 Å². The molecule has 1 atom stereocenters. The van der Waals surface area contributed by atoms with E-state index in [4.69, 9.17) is 4.52 Å². The van der Waals surface area contributed by atoms with Crippen LogP contribution in [0.15, 0.2) is 84.9 Å². The van der Waals surface area contributed by atoms with E-state index in [1.54, 1.807) is 48.5 Å². The molecule has 3 aromatic carbocycles. The number of rotatable bonds is 3. The van der Waals surface area contributed by atoms with Crippen LogP contribution in [0.2, 0.25) is 0 Å². The normalized spacial score (nSPS) is 19.2. The van der Waals surface area contributed by atoms with Gasteiger partial charge in [-0.05, 0) is 29.8 Å². The standard InChI is InChI=1S/C20H16NO3P/c22-20-18-13-7-8-14-19(18)24-25(23,17-11-5-2-6-12-17)21(20)15-16-9-3-1-4-10-16/h1-14H,15H2. The summed E-state index contributed by atoms with van der Waals surface area (Å²) < 4.78 is 21.1. The Morgan fingerprint density at radius 1 is 0.800 bits per heavy atom. The van der Waals surface area contributed by atoms with Gasteiger partial charge < -0.3 is 4.52 Å². The van der Waals surface area contributed by atoms with Crippen LogP contribution in [0.25, 0.3) is 0 Å². The zero-order chi connectivity index (χ0) is 17.3. The zero-order valence-electron chi connectivity index (χ0n) is 13.4. The van der Waals surface area contributed by atoms with Crippen molar-refractivity contribution in [3.63, 3.8) is 0 Å². The van der Waals surface area contributed by atoms with E-state index in [0.29, 0.717) is 16.6 Å². The second-order valence-corrected chi connectivity index (χ2v) is 8.01. The highest BCUT2D eigenvalue weighted by Crippen LogP contribution is 2.55. The molecule has 0 bridgehead atoms. The van der Waals surface area contributed by atoms with Gasteiger partial charge >= 0.3 is 7.52 Å². The Balaban J connectivity index is 1.85. The lowest BCUT2D eigenvalue weighted by Crippen LogP contribution is -2.37. The van der Waals surface area contributed by atoms with Gasteiger partial charge in [0.25, 0.3) is 5.91 Å². The molecule has 0 radical (unpaired) electrons. The number of carbonyl (C=O) groups is 1. The summed E-state index contributed by atoms with van der Waals surface area (Å²) in [5, 5.41) is 0.508. The summed E-state index contributed by atoms with van der Waals surface area (Å²) in [4.78, 5) is 13.1. The molecule has 4 rings (SSSR count). The maximum Gasteiger partial charge on any atom is 0.377 e. The largest absolute Gasteiger partial charge is 0.425 e. The second-order valence-electron chi connectivity index (χ2n) is 5.79. The first-order valence-electron chi connectivity index (χ1n) is 7.99. The summed E-state index contributed by atoms with van der Waals surface area (Å²) in [6.07, 6.45) is 0. The number of nitrogens with zero attached hydrogens (tertiary/aromatic N) is 1. The number of carbonyl (C=O) groups excluding carboxylic acids is 1. The Hall–Kier alpha value is -2.84. The van der Waals surface area contributed by atoms with Gasteiger partial charge in [-0.25, -0.2) is 4.57 Å². The van der Waals surface area contributed by atoms with Crippen molar-refractivity contribution >= 4 is 18.7 Å². The lowest BCUT2D eigenvalue weighted by Gasteiger charge is -2.36. The van der Waals surface area contributed by atoms with Crippen molar-refractivity contribution in [2.75, 3.05) is 0 Å². The van der Waals surface area contributed by atoms with E-state index in [2.05, 4.69) is 0 Å². The summed E-state index contributed by atoms with van der Waals surface area (Å²) in [7, 11) is -3.55. The summed E-state index contributed by atoms with van der Waals surface area (Å²) in [6.45, 7) is 0.222. The van der Waals surface area contributed by atoms with Crippen LogP contribution in [0.4, 0.5) is 0 Å². The van der Waals surface area contributed by atoms with Gasteiger partial charge in [-0.15, -0.1) is 0 Å². The summed E-state index contributed by atoms with van der Waals surface area (Å²) in [6, 6.07) is 25.3. The highest BCUT2D eigenvalue weighted by molar-refractivity contribution is 7.65. The number of hydrogen-bond donors (Lipinski definition) is 0. The maximum absolute atomic E-state index is 13.8. The third-order valence-corrected chi connectivity index (χ3v) is 6.50. The van der Waals surface area contributed by atoms with E-state index >= 15 is 0 Å². The number of fused-ring (bicyclic) bond motifs is 1. The Morgan fingerprint density at radius 2 is 1.40 bits per heavy atom. The van der Waals surface area contributed by atoms with Crippen molar-refractivity contribution in [2.45, 2.75) is 6.54 Å². The lowest BCUT2D eigenvalue weighted by molar-refractivity contribution is 0.0828. The smallest absolute Gasteiger partial charge is 0.377 e. The van der Waals surface area contributed by atoms with Gasteiger partial charge in [0.2, 0.25) is 0 Å². The molecule has 4 nitrogen and oxygen atoms in total. The molecule has 0 N–H and O–H groups in total. The summed E-state index contributed by atoms with van der Waals surface area (Å²) >= 11 is 0. The molecule has 0 aromatic heterocycles. The minimum atomic E-state index is -3.55. The Kier molecular flexibility index (Phi) is 3.90. The van der Waals surface area contributed by atoms with Gasteiger partial charge in [0.1, 0.15) is 5.75 Å². The van der Waals surface area contributed by atoms with Crippen molar-refractivity contribution in [1.82, 2.24) is 4.67 Å². The van der Waals surface area contributed by atoms with Crippen LogP contribution in [-0.2, 0) is 11.1 Å². The summed E-state index contributed by atoms with van der Waals surface area (Å²) in [5.74, 6) is 0.0851. The van der Waals surface area contributed by atoms with Crippen molar-refractivity contribution in [3.8, 4) is 5.75 Å². The fourth-order valence-electron chi connectivity index (χ4n) is 2.89. The fraction of sp³-hybridized carbons (Fsp3) is 0.0500. The van der Waals surface area contributed by atoms with Crippen LogP contribution in [0.1, 0.15) is 15.9 Å². The number of para-hydroxylation sites is 1. The molecular formula is C20H16NO3P. The molecule has 1 amide bonds. The number of hydrogen-bond acceptors (Lipinski definition) is 3. The van der Waals surface area contributed by atoms with E-state index in [9.17, 15) is 9.36 Å². The Bertz CT molecular complexity index is 957. The highest BCUT2D eigenvalue weighted by atomic mass is 31.2. The molecule has 1 heterocycles. The topological polar surface area (TPSA) is 46.6 Å². The Morgan fingerprint density at radius 3 is 2.12 bits per heavy atom. The van der Waals surface area contributed by atoms with Crippen LogP contribution in [-0.4, -0.2) is 10.6 Å². The monoisotopic (exact) mass is 349 g/mol. The lowest BCUT2D eigenvalue weighted by atomic mass is 10.1. The molecule has 0 fully saturated rings. The molecule has 0 aliphatic carbocycles. The van der Waals surface area contributed by atoms with Crippen molar-refractivity contribution in [2.24, 2.45) is 0 Å². The second kappa shape index (κ2) is 6.23. The molecule has 5 heteroatoms. The quantitative estimate of drug-likeness (QED) is 0.665. The minimum Gasteiger partial charge on any atom is -0.425 e. The van der Waals surface area contributed by atoms with Gasteiger partial charge in [-0.1, -0.05) is 60.7 Å².